The van der Waals surface area contributed by atoms with E-state index >= 15 is 0 Å². The zero-order valence-corrected chi connectivity index (χ0v) is 19.8. The summed E-state index contributed by atoms with van der Waals surface area (Å²) >= 11 is 0. The summed E-state index contributed by atoms with van der Waals surface area (Å²) in [7, 11) is 0. The number of carboxylic acids is 1. The first-order valence-corrected chi connectivity index (χ1v) is 9.58. The predicted molar refractivity (Wildman–Crippen MR) is 115 cm³/mol. The molecule has 3 aromatic rings. The van der Waals surface area contributed by atoms with Crippen molar-refractivity contribution in [2.45, 2.75) is 18.9 Å². The van der Waals surface area contributed by atoms with E-state index in [1.54, 1.807) is 48.5 Å². The van der Waals surface area contributed by atoms with Gasteiger partial charge in [0.2, 0.25) is 0 Å². The molecule has 1 amide bonds. The summed E-state index contributed by atoms with van der Waals surface area (Å²) in [6.45, 7) is 0. The Morgan fingerprint density at radius 3 is 2.42 bits per heavy atom. The number of nitrogens with zero attached hydrogens (tertiary/aromatic N) is 2. The normalized spacial score (nSPS) is 11.0. The number of hydrogen-bond acceptors (Lipinski definition) is 8. The molecule has 0 aliphatic carbocycles. The zero-order valence-electron chi connectivity index (χ0n) is 17.8. The molecule has 0 aliphatic rings. The largest absolute Gasteiger partial charge is 1.00 e. The van der Waals surface area contributed by atoms with Gasteiger partial charge in [0, 0.05) is 22.8 Å². The quantitative estimate of drug-likeness (QED) is 0.309. The van der Waals surface area contributed by atoms with Crippen molar-refractivity contribution in [3.63, 3.8) is 0 Å². The molecule has 0 saturated carbocycles. The fraction of sp³-hybridized carbons (Fsp3) is 0.130. The Kier molecular flexibility index (Phi) is 8.96. The van der Waals surface area contributed by atoms with Gasteiger partial charge in [-0.1, -0.05) is 24.3 Å². The Morgan fingerprint density at radius 1 is 1.15 bits per heavy atom. The molecule has 5 N–H and O–H groups in total. The molecule has 1 unspecified atom stereocenters. The van der Waals surface area contributed by atoms with Gasteiger partial charge in [0.25, 0.3) is 5.91 Å². The van der Waals surface area contributed by atoms with E-state index in [4.69, 9.17) is 5.73 Å². The Balaban J connectivity index is 0.00000385. The minimum atomic E-state index is -1.49. The minimum absolute atomic E-state index is 0. The number of nitrogen functional groups attached to an aromatic ring is 1. The van der Waals surface area contributed by atoms with Crippen LogP contribution in [-0.4, -0.2) is 33.2 Å². The molecule has 9 nitrogen and oxygen atoms in total. The van der Waals surface area contributed by atoms with Crippen molar-refractivity contribution in [1.82, 2.24) is 4.98 Å². The fourth-order valence-corrected chi connectivity index (χ4v) is 3.08. The third-order valence-corrected chi connectivity index (χ3v) is 4.73. The smallest absolute Gasteiger partial charge is 0.550 e. The maximum Gasteiger partial charge on any atom is 1.00 e. The summed E-state index contributed by atoms with van der Waals surface area (Å²) in [5.41, 5.74) is 8.48. The number of aromatic hydroxyl groups is 1. The van der Waals surface area contributed by atoms with Crippen molar-refractivity contribution in [1.29, 1.82) is 5.26 Å². The number of aromatic nitrogens is 1. The van der Waals surface area contributed by atoms with E-state index in [0.29, 0.717) is 28.1 Å². The van der Waals surface area contributed by atoms with Gasteiger partial charge in [0.1, 0.15) is 29.3 Å². The third kappa shape index (κ3) is 6.31. The van der Waals surface area contributed by atoms with Gasteiger partial charge in [-0.2, -0.15) is 5.26 Å². The number of nitrogens with two attached hydrogens (primary N) is 1. The number of aliphatic hydroxyl groups excluding tert-OH is 1. The zero-order chi connectivity index (χ0) is 23.3. The van der Waals surface area contributed by atoms with Gasteiger partial charge >= 0.3 is 29.6 Å². The van der Waals surface area contributed by atoms with Crippen LogP contribution in [0.15, 0.2) is 54.6 Å². The number of pyridine rings is 1. The van der Waals surface area contributed by atoms with E-state index in [0.717, 1.165) is 0 Å². The molecule has 0 saturated heterocycles. The number of nitrogens with one attached hydrogen (secondary N) is 1. The standard InChI is InChI=1S/C23H20N4O5.Na/c24-12-17-16(11-18(27-22(17)25)15-3-1-2-4-19(15)28)13-5-7-14(8-6-13)26-23(32)20(29)9-10-21(30)31;/h1-8,11,20,28-29H,9-10H2,(H2,25,27)(H,26,32)(H,30,31);/q;+1/p-1. The van der Waals surface area contributed by atoms with Crippen LogP contribution in [0.5, 0.6) is 5.75 Å². The number of rotatable bonds is 7. The van der Waals surface area contributed by atoms with Crippen LogP contribution in [-0.2, 0) is 9.59 Å². The number of carboxylic acid groups (broad SMARTS) is 1. The Hall–Kier alpha value is -3.42. The van der Waals surface area contributed by atoms with Crippen molar-refractivity contribution in [3.05, 3.63) is 60.2 Å². The van der Waals surface area contributed by atoms with Crippen molar-refractivity contribution in [2.24, 2.45) is 0 Å². The molecule has 162 valence electrons. The first-order valence-electron chi connectivity index (χ1n) is 9.58. The molecule has 0 spiro atoms. The molecule has 3 rings (SSSR count). The SMILES string of the molecule is N#Cc1c(-c2ccc(NC(=O)C(O)CCC(=O)[O-])cc2)cc(-c2ccccc2O)nc1N.[Na+]. The third-order valence-electron chi connectivity index (χ3n) is 4.73. The molecule has 0 radical (unpaired) electrons. The first kappa shape index (κ1) is 25.8. The van der Waals surface area contributed by atoms with Gasteiger partial charge in [0.15, 0.2) is 0 Å². The second-order valence-electron chi connectivity index (χ2n) is 6.94. The minimum Gasteiger partial charge on any atom is -0.550 e. The van der Waals surface area contributed by atoms with Crippen LogP contribution >= 0.6 is 0 Å². The number of carbonyl (C=O) groups is 2. The predicted octanol–water partition coefficient (Wildman–Crippen LogP) is -1.59. The Labute approximate surface area is 211 Å². The molecular formula is C23H19N4NaO5. The molecule has 2 aromatic carbocycles. The Morgan fingerprint density at radius 2 is 1.82 bits per heavy atom. The summed E-state index contributed by atoms with van der Waals surface area (Å²) in [6, 6.07) is 16.7. The second kappa shape index (κ2) is 11.4. The average Bonchev–Trinajstić information content (AvgIpc) is 2.77. The molecule has 0 aliphatic heterocycles. The summed E-state index contributed by atoms with van der Waals surface area (Å²) in [4.78, 5) is 26.7. The molecule has 33 heavy (non-hydrogen) atoms. The Bertz CT molecular complexity index is 1210. The van der Waals surface area contributed by atoms with Gasteiger partial charge < -0.3 is 31.2 Å². The van der Waals surface area contributed by atoms with Crippen LogP contribution in [0.2, 0.25) is 0 Å². The van der Waals surface area contributed by atoms with E-state index in [1.165, 1.54) is 6.07 Å². The molecule has 0 bridgehead atoms. The van der Waals surface area contributed by atoms with Crippen LogP contribution in [0.3, 0.4) is 0 Å². The van der Waals surface area contributed by atoms with Crippen molar-refractivity contribution < 1.29 is 54.5 Å². The molecule has 10 heteroatoms. The molecule has 1 heterocycles. The molecular weight excluding hydrogens is 435 g/mol. The topological polar surface area (TPSA) is 172 Å². The number of amides is 1. The number of para-hydroxylation sites is 1. The second-order valence-corrected chi connectivity index (χ2v) is 6.94. The number of nitriles is 1. The monoisotopic (exact) mass is 454 g/mol. The number of carbonyl (C=O) groups excluding carboxylic acids is 2. The van der Waals surface area contributed by atoms with Gasteiger partial charge in [0.05, 0.1) is 5.69 Å². The first-order chi connectivity index (χ1) is 15.3. The number of anilines is 2. The average molecular weight is 454 g/mol. The van der Waals surface area contributed by atoms with E-state index in [2.05, 4.69) is 10.3 Å². The number of benzene rings is 2. The number of phenols is 1. The van der Waals surface area contributed by atoms with Crippen molar-refractivity contribution >= 4 is 23.4 Å². The summed E-state index contributed by atoms with van der Waals surface area (Å²) in [5.74, 6) is -2.07. The molecule has 0 fully saturated rings. The number of aliphatic carboxylic acids is 1. The van der Waals surface area contributed by atoms with Gasteiger partial charge in [-0.3, -0.25) is 4.79 Å². The van der Waals surface area contributed by atoms with Crippen LogP contribution in [0, 0.1) is 11.3 Å². The molecule has 1 aromatic heterocycles. The van der Waals surface area contributed by atoms with E-state index in [-0.39, 0.29) is 53.1 Å². The maximum atomic E-state index is 12.0. The summed E-state index contributed by atoms with van der Waals surface area (Å²) < 4.78 is 0. The van der Waals surface area contributed by atoms with Gasteiger partial charge in [-0.05, 0) is 48.7 Å². The fourth-order valence-electron chi connectivity index (χ4n) is 3.08. The van der Waals surface area contributed by atoms with Crippen LogP contribution in [0.1, 0.15) is 18.4 Å². The van der Waals surface area contributed by atoms with Gasteiger partial charge in [-0.15, -0.1) is 0 Å². The van der Waals surface area contributed by atoms with Crippen LogP contribution in [0.4, 0.5) is 11.5 Å². The maximum absolute atomic E-state index is 12.0. The van der Waals surface area contributed by atoms with E-state index < -0.39 is 24.4 Å². The van der Waals surface area contributed by atoms with E-state index in [9.17, 15) is 30.2 Å². The van der Waals surface area contributed by atoms with E-state index in [1.807, 2.05) is 6.07 Å². The van der Waals surface area contributed by atoms with Gasteiger partial charge in [-0.25, -0.2) is 4.98 Å². The number of hydrogen-bond donors (Lipinski definition) is 4. The molecule has 1 atom stereocenters. The van der Waals surface area contributed by atoms with Crippen molar-refractivity contribution in [2.75, 3.05) is 11.1 Å². The summed E-state index contributed by atoms with van der Waals surface area (Å²) in [6.07, 6.45) is -2.19. The van der Waals surface area contributed by atoms with Crippen LogP contribution in [0.25, 0.3) is 22.4 Å². The summed E-state index contributed by atoms with van der Waals surface area (Å²) in [5, 5.41) is 42.4. The van der Waals surface area contributed by atoms with Crippen molar-refractivity contribution in [3.8, 4) is 34.2 Å². The number of aliphatic hydroxyl groups is 1. The van der Waals surface area contributed by atoms with Crippen LogP contribution < -0.4 is 45.7 Å². The number of phenolic OH excluding ortho intramolecular Hbond substituents is 1.